The van der Waals surface area contributed by atoms with E-state index >= 15 is 0 Å². The van der Waals surface area contributed by atoms with Crippen LogP contribution in [0.4, 0.5) is 0 Å². The number of rotatable bonds is 4. The zero-order valence-electron chi connectivity index (χ0n) is 15.1. The van der Waals surface area contributed by atoms with E-state index in [2.05, 4.69) is 14.8 Å². The van der Waals surface area contributed by atoms with E-state index in [9.17, 15) is 13.2 Å². The van der Waals surface area contributed by atoms with Gasteiger partial charge in [-0.3, -0.25) is 4.79 Å². The Bertz CT molecular complexity index is 706. The molecule has 1 amide bonds. The van der Waals surface area contributed by atoms with Gasteiger partial charge in [-0.25, -0.2) is 8.42 Å². The summed E-state index contributed by atoms with van der Waals surface area (Å²) in [4.78, 5) is 16.7. The number of hydrogen-bond donors (Lipinski definition) is 1. The van der Waals surface area contributed by atoms with Crippen molar-refractivity contribution >= 4 is 15.9 Å². The SMILES string of the molecule is Cc1noc(C)c1S(=O)(=O)N[C@@H](C)C(=O)N1CCN(C)CC1(C)C. The van der Waals surface area contributed by atoms with Gasteiger partial charge in [-0.1, -0.05) is 5.16 Å². The largest absolute Gasteiger partial charge is 0.360 e. The summed E-state index contributed by atoms with van der Waals surface area (Å²) in [6, 6.07) is -0.869. The van der Waals surface area contributed by atoms with Gasteiger partial charge >= 0.3 is 0 Å². The fraction of sp³-hybridized carbons (Fsp3) is 0.733. The Hall–Kier alpha value is -1.45. The highest BCUT2D eigenvalue weighted by Gasteiger charge is 2.38. The van der Waals surface area contributed by atoms with Crippen LogP contribution in [0.3, 0.4) is 0 Å². The van der Waals surface area contributed by atoms with Crippen molar-refractivity contribution in [2.75, 3.05) is 26.7 Å². The minimum atomic E-state index is -3.87. The van der Waals surface area contributed by atoms with Crippen LogP contribution in [0.2, 0.25) is 0 Å². The van der Waals surface area contributed by atoms with Crippen molar-refractivity contribution < 1.29 is 17.7 Å². The predicted octanol–water partition coefficient (Wildman–Crippen LogP) is 0.511. The Morgan fingerprint density at radius 1 is 1.33 bits per heavy atom. The standard InChI is InChI=1S/C15H26N4O4S/c1-10-13(12(3)23-16-10)24(21,22)17-11(2)14(20)19-8-7-18(6)9-15(19,4)5/h11,17H,7-9H2,1-6H3/t11-/m0/s1. The molecule has 1 fully saturated rings. The Morgan fingerprint density at radius 2 is 1.96 bits per heavy atom. The molecular formula is C15H26N4O4S. The molecule has 2 heterocycles. The van der Waals surface area contributed by atoms with E-state index in [-0.39, 0.29) is 27.8 Å². The molecule has 1 aliphatic heterocycles. The molecule has 0 saturated carbocycles. The maximum Gasteiger partial charge on any atom is 0.246 e. The fourth-order valence-electron chi connectivity index (χ4n) is 3.24. The second kappa shape index (κ2) is 6.45. The third-order valence-corrected chi connectivity index (χ3v) is 6.08. The van der Waals surface area contributed by atoms with Gasteiger partial charge in [-0.05, 0) is 41.7 Å². The molecule has 1 aromatic rings. The van der Waals surface area contributed by atoms with Crippen molar-refractivity contribution in [2.24, 2.45) is 0 Å². The lowest BCUT2D eigenvalue weighted by atomic mass is 9.98. The monoisotopic (exact) mass is 358 g/mol. The van der Waals surface area contributed by atoms with Gasteiger partial charge in [-0.15, -0.1) is 0 Å². The van der Waals surface area contributed by atoms with Gasteiger partial charge in [0.1, 0.15) is 10.6 Å². The fourth-order valence-corrected chi connectivity index (χ4v) is 4.77. The third-order valence-electron chi connectivity index (χ3n) is 4.30. The van der Waals surface area contributed by atoms with Crippen LogP contribution < -0.4 is 4.72 Å². The van der Waals surface area contributed by atoms with Crippen LogP contribution >= 0.6 is 0 Å². The molecule has 8 nitrogen and oxygen atoms in total. The molecule has 1 aliphatic rings. The number of aromatic nitrogens is 1. The van der Waals surface area contributed by atoms with E-state index in [4.69, 9.17) is 4.52 Å². The predicted molar refractivity (Wildman–Crippen MR) is 89.0 cm³/mol. The number of nitrogens with zero attached hydrogens (tertiary/aromatic N) is 3. The summed E-state index contributed by atoms with van der Waals surface area (Å²) in [6.07, 6.45) is 0. The Balaban J connectivity index is 2.17. The number of carbonyl (C=O) groups is 1. The van der Waals surface area contributed by atoms with Gasteiger partial charge in [0.15, 0.2) is 5.76 Å². The number of likely N-dealkylation sites (N-methyl/N-ethyl adjacent to an activating group) is 1. The van der Waals surface area contributed by atoms with Gasteiger partial charge < -0.3 is 14.3 Å². The number of piperazine rings is 1. The summed E-state index contributed by atoms with van der Waals surface area (Å²) >= 11 is 0. The average molecular weight is 358 g/mol. The van der Waals surface area contributed by atoms with Crippen LogP contribution in [0.5, 0.6) is 0 Å². The van der Waals surface area contributed by atoms with Crippen molar-refractivity contribution in [3.63, 3.8) is 0 Å². The number of amides is 1. The summed E-state index contributed by atoms with van der Waals surface area (Å²) in [6.45, 7) is 10.7. The first-order valence-electron chi connectivity index (χ1n) is 7.91. The van der Waals surface area contributed by atoms with Crippen molar-refractivity contribution in [3.8, 4) is 0 Å². The zero-order valence-corrected chi connectivity index (χ0v) is 15.9. The third kappa shape index (κ3) is 3.62. The van der Waals surface area contributed by atoms with E-state index in [1.54, 1.807) is 18.7 Å². The minimum absolute atomic E-state index is 0.000197. The molecular weight excluding hydrogens is 332 g/mol. The Kier molecular flexibility index (Phi) is 5.08. The molecule has 0 bridgehead atoms. The summed E-state index contributed by atoms with van der Waals surface area (Å²) in [5, 5.41) is 3.66. The van der Waals surface area contributed by atoms with Crippen LogP contribution in [0.1, 0.15) is 32.2 Å². The number of nitrogens with one attached hydrogen (secondary N) is 1. The van der Waals surface area contributed by atoms with E-state index in [0.717, 1.165) is 13.1 Å². The average Bonchev–Trinajstić information content (AvgIpc) is 2.76. The topological polar surface area (TPSA) is 95.8 Å². The summed E-state index contributed by atoms with van der Waals surface area (Å²) in [7, 11) is -1.87. The molecule has 1 atom stereocenters. The van der Waals surface area contributed by atoms with Crippen LogP contribution in [-0.2, 0) is 14.8 Å². The van der Waals surface area contributed by atoms with Crippen molar-refractivity contribution in [2.45, 2.75) is 51.1 Å². The second-order valence-electron chi connectivity index (χ2n) is 7.04. The zero-order chi connectivity index (χ0) is 18.3. The van der Waals surface area contributed by atoms with Crippen molar-refractivity contribution in [1.29, 1.82) is 0 Å². The highest BCUT2D eigenvalue weighted by Crippen LogP contribution is 2.22. The van der Waals surface area contributed by atoms with E-state index in [0.29, 0.717) is 6.54 Å². The van der Waals surface area contributed by atoms with Crippen LogP contribution in [0.15, 0.2) is 9.42 Å². The van der Waals surface area contributed by atoms with Crippen molar-refractivity contribution in [3.05, 3.63) is 11.5 Å². The molecule has 1 N–H and O–H groups in total. The molecule has 0 aromatic carbocycles. The first-order valence-corrected chi connectivity index (χ1v) is 9.39. The van der Waals surface area contributed by atoms with Crippen LogP contribution in [0.25, 0.3) is 0 Å². The molecule has 24 heavy (non-hydrogen) atoms. The summed E-state index contributed by atoms with van der Waals surface area (Å²) < 4.78 is 32.5. The summed E-state index contributed by atoms with van der Waals surface area (Å²) in [5.74, 6) is -0.0250. The van der Waals surface area contributed by atoms with Crippen LogP contribution in [0, 0.1) is 13.8 Å². The number of sulfonamides is 1. The quantitative estimate of drug-likeness (QED) is 0.843. The molecule has 0 unspecified atom stereocenters. The van der Waals surface area contributed by atoms with Crippen molar-refractivity contribution in [1.82, 2.24) is 19.7 Å². The number of carbonyl (C=O) groups excluding carboxylic acids is 1. The second-order valence-corrected chi connectivity index (χ2v) is 8.69. The molecule has 1 saturated heterocycles. The van der Waals surface area contributed by atoms with Crippen LogP contribution in [-0.4, -0.2) is 67.5 Å². The minimum Gasteiger partial charge on any atom is -0.360 e. The lowest BCUT2D eigenvalue weighted by Gasteiger charge is -2.47. The normalized spacial score (nSPS) is 20.2. The van der Waals surface area contributed by atoms with E-state index in [1.807, 2.05) is 20.9 Å². The van der Waals surface area contributed by atoms with E-state index in [1.165, 1.54) is 6.92 Å². The lowest BCUT2D eigenvalue weighted by Crippen LogP contribution is -2.63. The molecule has 0 spiro atoms. The Labute approximate surface area is 143 Å². The summed E-state index contributed by atoms with van der Waals surface area (Å²) in [5.41, 5.74) is -0.0770. The van der Waals surface area contributed by atoms with Gasteiger partial charge in [0.05, 0.1) is 11.6 Å². The van der Waals surface area contributed by atoms with Gasteiger partial charge in [0, 0.05) is 19.6 Å². The maximum atomic E-state index is 12.8. The van der Waals surface area contributed by atoms with E-state index < -0.39 is 16.1 Å². The number of aryl methyl sites for hydroxylation is 2. The molecule has 1 aromatic heterocycles. The molecule has 9 heteroatoms. The molecule has 0 radical (unpaired) electrons. The van der Waals surface area contributed by atoms with Gasteiger partial charge in [0.2, 0.25) is 15.9 Å². The highest BCUT2D eigenvalue weighted by atomic mass is 32.2. The molecule has 136 valence electrons. The lowest BCUT2D eigenvalue weighted by molar-refractivity contribution is -0.141. The molecule has 2 rings (SSSR count). The maximum absolute atomic E-state index is 12.8. The molecule has 0 aliphatic carbocycles. The number of hydrogen-bond acceptors (Lipinski definition) is 6. The Morgan fingerprint density at radius 3 is 2.46 bits per heavy atom. The highest BCUT2D eigenvalue weighted by molar-refractivity contribution is 7.89. The first kappa shape index (κ1) is 18.9. The van der Waals surface area contributed by atoms with Gasteiger partial charge in [0.25, 0.3) is 0 Å². The smallest absolute Gasteiger partial charge is 0.246 e. The van der Waals surface area contributed by atoms with Gasteiger partial charge in [-0.2, -0.15) is 4.72 Å². The first-order chi connectivity index (χ1) is 11.0.